The van der Waals surface area contributed by atoms with Gasteiger partial charge in [-0.3, -0.25) is 14.6 Å². The zero-order valence-corrected chi connectivity index (χ0v) is 18.5. The van der Waals surface area contributed by atoms with E-state index in [0.717, 1.165) is 22.7 Å². The molecule has 2 aliphatic rings. The summed E-state index contributed by atoms with van der Waals surface area (Å²) in [6.45, 7) is 4.03. The average molecular weight is 439 g/mol. The quantitative estimate of drug-likeness (QED) is 0.499. The lowest BCUT2D eigenvalue weighted by Crippen LogP contribution is -2.35. The molecule has 0 bridgehead atoms. The maximum Gasteiger partial charge on any atom is 0.254 e. The SMILES string of the molecule is Cc1ccc2c(CCNC(=O)[C@H]3[C@@H]4CN(C(=O)c5cccc6cnccc56)C[C@@H]43)c[nH]c2c1. The van der Waals surface area contributed by atoms with Crippen molar-refractivity contribution in [1.82, 2.24) is 20.2 Å². The summed E-state index contributed by atoms with van der Waals surface area (Å²) in [4.78, 5) is 35.3. The van der Waals surface area contributed by atoms with Gasteiger partial charge in [0, 0.05) is 66.0 Å². The van der Waals surface area contributed by atoms with Crippen LogP contribution in [0, 0.1) is 24.7 Å². The minimum atomic E-state index is 0.0383. The maximum atomic E-state index is 13.1. The summed E-state index contributed by atoms with van der Waals surface area (Å²) < 4.78 is 0. The molecule has 0 radical (unpaired) electrons. The molecule has 1 aliphatic carbocycles. The first kappa shape index (κ1) is 20.0. The fourth-order valence-corrected chi connectivity index (χ4v) is 5.51. The van der Waals surface area contributed by atoms with Crippen molar-refractivity contribution >= 4 is 33.5 Å². The minimum Gasteiger partial charge on any atom is -0.361 e. The van der Waals surface area contributed by atoms with Crippen LogP contribution in [0.5, 0.6) is 0 Å². The van der Waals surface area contributed by atoms with Crippen LogP contribution in [0.3, 0.4) is 0 Å². The van der Waals surface area contributed by atoms with Crippen LogP contribution in [0.4, 0.5) is 0 Å². The summed E-state index contributed by atoms with van der Waals surface area (Å²) in [7, 11) is 0. The second kappa shape index (κ2) is 7.73. The third-order valence-corrected chi connectivity index (χ3v) is 7.31. The molecule has 1 saturated heterocycles. The first-order valence-corrected chi connectivity index (χ1v) is 11.6. The topological polar surface area (TPSA) is 78.1 Å². The van der Waals surface area contributed by atoms with Gasteiger partial charge in [-0.15, -0.1) is 0 Å². The summed E-state index contributed by atoms with van der Waals surface area (Å²) in [6.07, 6.45) is 6.34. The van der Waals surface area contributed by atoms with Gasteiger partial charge in [-0.25, -0.2) is 0 Å². The summed E-state index contributed by atoms with van der Waals surface area (Å²) >= 11 is 0. The fraction of sp³-hybridized carbons (Fsp3) is 0.296. The molecule has 6 nitrogen and oxygen atoms in total. The number of fused-ring (bicyclic) bond motifs is 3. The van der Waals surface area contributed by atoms with Crippen LogP contribution in [0.25, 0.3) is 21.7 Å². The summed E-state index contributed by atoms with van der Waals surface area (Å²) in [5.41, 5.74) is 4.31. The number of rotatable bonds is 5. The molecule has 1 saturated carbocycles. The number of amides is 2. The van der Waals surface area contributed by atoms with E-state index in [-0.39, 0.29) is 29.6 Å². The molecule has 2 aromatic carbocycles. The second-order valence-corrected chi connectivity index (χ2v) is 9.37. The molecular weight excluding hydrogens is 412 g/mol. The molecule has 3 heterocycles. The Kier molecular flexibility index (Phi) is 4.68. The van der Waals surface area contributed by atoms with Gasteiger partial charge in [0.05, 0.1) is 0 Å². The van der Waals surface area contributed by atoms with Gasteiger partial charge in [-0.2, -0.15) is 0 Å². The third kappa shape index (κ3) is 3.46. The molecule has 1 aliphatic heterocycles. The van der Waals surface area contributed by atoms with Crippen LogP contribution >= 0.6 is 0 Å². The van der Waals surface area contributed by atoms with Gasteiger partial charge in [0.2, 0.25) is 5.91 Å². The molecule has 2 aromatic heterocycles. The van der Waals surface area contributed by atoms with Gasteiger partial charge in [-0.05, 0) is 59.9 Å². The Morgan fingerprint density at radius 2 is 1.97 bits per heavy atom. The highest BCUT2D eigenvalue weighted by Gasteiger charge is 2.60. The van der Waals surface area contributed by atoms with Gasteiger partial charge in [0.25, 0.3) is 5.91 Å². The Balaban J connectivity index is 1.04. The van der Waals surface area contributed by atoms with E-state index in [2.05, 4.69) is 40.4 Å². The van der Waals surface area contributed by atoms with Crippen molar-refractivity contribution in [2.24, 2.45) is 17.8 Å². The number of piperidine rings is 1. The number of likely N-dealkylation sites (tertiary alicyclic amines) is 1. The number of aromatic nitrogens is 2. The Morgan fingerprint density at radius 1 is 1.12 bits per heavy atom. The number of nitrogens with zero attached hydrogens (tertiary/aromatic N) is 2. The number of hydrogen-bond acceptors (Lipinski definition) is 3. The molecule has 2 amide bonds. The Hall–Kier alpha value is -3.67. The molecule has 3 atom stereocenters. The van der Waals surface area contributed by atoms with Crippen molar-refractivity contribution < 1.29 is 9.59 Å². The molecule has 33 heavy (non-hydrogen) atoms. The summed E-state index contributed by atoms with van der Waals surface area (Å²) in [6, 6.07) is 14.0. The number of pyridine rings is 1. The van der Waals surface area contributed by atoms with E-state index in [1.807, 2.05) is 35.4 Å². The van der Waals surface area contributed by atoms with Crippen LogP contribution in [0.1, 0.15) is 21.5 Å². The number of aromatic amines is 1. The van der Waals surface area contributed by atoms with Crippen molar-refractivity contribution in [3.05, 3.63) is 77.7 Å². The molecule has 166 valence electrons. The number of aryl methyl sites for hydroxylation is 1. The van der Waals surface area contributed by atoms with E-state index in [0.29, 0.717) is 25.2 Å². The predicted molar refractivity (Wildman–Crippen MR) is 128 cm³/mol. The number of carbonyl (C=O) groups is 2. The van der Waals surface area contributed by atoms with Crippen molar-refractivity contribution in [1.29, 1.82) is 0 Å². The van der Waals surface area contributed by atoms with Gasteiger partial charge in [-0.1, -0.05) is 24.3 Å². The van der Waals surface area contributed by atoms with Crippen LogP contribution in [-0.4, -0.2) is 46.3 Å². The van der Waals surface area contributed by atoms with Crippen molar-refractivity contribution in [2.45, 2.75) is 13.3 Å². The summed E-state index contributed by atoms with van der Waals surface area (Å²) in [5.74, 6) is 0.774. The molecule has 6 heteroatoms. The van der Waals surface area contributed by atoms with Crippen molar-refractivity contribution in [2.75, 3.05) is 19.6 Å². The van der Waals surface area contributed by atoms with Crippen LogP contribution in [0.2, 0.25) is 0 Å². The lowest BCUT2D eigenvalue weighted by atomic mass is 10.1. The Bertz CT molecular complexity index is 1370. The number of hydrogen-bond donors (Lipinski definition) is 2. The number of H-pyrrole nitrogens is 1. The Labute approximate surface area is 192 Å². The van der Waals surface area contributed by atoms with Crippen molar-refractivity contribution in [3.63, 3.8) is 0 Å². The van der Waals surface area contributed by atoms with Gasteiger partial charge < -0.3 is 15.2 Å². The number of nitrogens with one attached hydrogen (secondary N) is 2. The largest absolute Gasteiger partial charge is 0.361 e. The lowest BCUT2D eigenvalue weighted by molar-refractivity contribution is -0.123. The van der Waals surface area contributed by atoms with Gasteiger partial charge in [0.15, 0.2) is 0 Å². The fourth-order valence-electron chi connectivity index (χ4n) is 5.51. The van der Waals surface area contributed by atoms with E-state index in [9.17, 15) is 9.59 Å². The van der Waals surface area contributed by atoms with Crippen LogP contribution in [-0.2, 0) is 11.2 Å². The molecular formula is C27H26N4O2. The molecule has 6 rings (SSSR count). The normalized spacial score (nSPS) is 21.4. The third-order valence-electron chi connectivity index (χ3n) is 7.31. The zero-order valence-electron chi connectivity index (χ0n) is 18.5. The molecule has 2 N–H and O–H groups in total. The van der Waals surface area contributed by atoms with E-state index in [4.69, 9.17) is 0 Å². The highest BCUT2D eigenvalue weighted by Crippen LogP contribution is 2.52. The molecule has 4 aromatic rings. The number of carbonyl (C=O) groups excluding carboxylic acids is 2. The van der Waals surface area contributed by atoms with Crippen LogP contribution < -0.4 is 5.32 Å². The van der Waals surface area contributed by atoms with E-state index >= 15 is 0 Å². The van der Waals surface area contributed by atoms with Crippen LogP contribution in [0.15, 0.2) is 61.1 Å². The van der Waals surface area contributed by atoms with E-state index in [1.54, 1.807) is 12.4 Å². The van der Waals surface area contributed by atoms with Gasteiger partial charge >= 0.3 is 0 Å². The van der Waals surface area contributed by atoms with E-state index < -0.39 is 0 Å². The average Bonchev–Trinajstić information content (AvgIpc) is 3.14. The van der Waals surface area contributed by atoms with E-state index in [1.165, 1.54) is 16.5 Å². The van der Waals surface area contributed by atoms with Gasteiger partial charge in [0.1, 0.15) is 0 Å². The monoisotopic (exact) mass is 438 g/mol. The predicted octanol–water partition coefficient (Wildman–Crippen LogP) is 3.70. The lowest BCUT2D eigenvalue weighted by Gasteiger charge is -2.20. The summed E-state index contributed by atoms with van der Waals surface area (Å²) in [5, 5.41) is 6.24. The maximum absolute atomic E-state index is 13.1. The highest BCUT2D eigenvalue weighted by molar-refractivity contribution is 6.07. The second-order valence-electron chi connectivity index (χ2n) is 9.37. The minimum absolute atomic E-state index is 0.0383. The molecule has 0 unspecified atom stereocenters. The zero-order chi connectivity index (χ0) is 22.5. The standard InChI is InChI=1S/C27H26N4O2/c1-16-5-6-20-18(13-30-24(20)11-16)7-10-29-26(32)25-22-14-31(15-23(22)25)27(33)21-4-2-3-17-12-28-9-8-19(17)21/h2-6,8-9,11-13,22-23,25,30H,7,10,14-15H2,1H3,(H,29,32)/t22-,23+,25+. The first-order valence-electron chi connectivity index (χ1n) is 11.6. The Morgan fingerprint density at radius 3 is 2.82 bits per heavy atom. The molecule has 0 spiro atoms. The highest BCUT2D eigenvalue weighted by atomic mass is 16.2. The first-order chi connectivity index (χ1) is 16.1. The number of benzene rings is 2. The molecule has 2 fully saturated rings. The smallest absolute Gasteiger partial charge is 0.254 e. The van der Waals surface area contributed by atoms with Crippen molar-refractivity contribution in [3.8, 4) is 0 Å².